The van der Waals surface area contributed by atoms with E-state index in [1.165, 1.54) is 41.3 Å². The zero-order chi connectivity index (χ0) is 31.7. The Bertz CT molecular complexity index is 1630. The van der Waals surface area contributed by atoms with Crippen LogP contribution in [0.2, 0.25) is 0 Å². The van der Waals surface area contributed by atoms with E-state index < -0.39 is 23.6 Å². The van der Waals surface area contributed by atoms with Gasteiger partial charge in [0.1, 0.15) is 5.82 Å². The molecular weight excluding hydrogens is 592 g/mol. The van der Waals surface area contributed by atoms with Crippen molar-refractivity contribution >= 4 is 28.9 Å². The number of rotatable bonds is 11. The van der Waals surface area contributed by atoms with Crippen LogP contribution in [0.5, 0.6) is 0 Å². The number of halogens is 4. The van der Waals surface area contributed by atoms with Crippen molar-refractivity contribution < 1.29 is 22.4 Å². The summed E-state index contributed by atoms with van der Waals surface area (Å²) < 4.78 is 57.0. The van der Waals surface area contributed by atoms with Gasteiger partial charge in [0, 0.05) is 43.3 Å². The summed E-state index contributed by atoms with van der Waals surface area (Å²) >= 11 is 5.57. The summed E-state index contributed by atoms with van der Waals surface area (Å²) in [6.45, 7) is 2.21. The van der Waals surface area contributed by atoms with Gasteiger partial charge in [0.2, 0.25) is 5.91 Å². The zero-order valence-corrected chi connectivity index (χ0v) is 24.6. The number of benzene rings is 3. The molecule has 7 nitrogen and oxygen atoms in total. The molecule has 3 aromatic carbocycles. The van der Waals surface area contributed by atoms with Crippen molar-refractivity contribution in [3.8, 4) is 6.07 Å². The van der Waals surface area contributed by atoms with Crippen LogP contribution in [0.4, 0.5) is 23.2 Å². The predicted molar refractivity (Wildman–Crippen MR) is 163 cm³/mol. The van der Waals surface area contributed by atoms with Crippen molar-refractivity contribution in [2.24, 2.45) is 0 Å². The van der Waals surface area contributed by atoms with Gasteiger partial charge in [0.15, 0.2) is 5.11 Å². The summed E-state index contributed by atoms with van der Waals surface area (Å²) in [5.74, 6) is -0.790. The smallest absolute Gasteiger partial charge is 0.351 e. The fraction of sp³-hybridized carbons (Fsp3) is 0.250. The Morgan fingerprint density at radius 3 is 2.55 bits per heavy atom. The summed E-state index contributed by atoms with van der Waals surface area (Å²) in [5, 5.41) is 15.0. The van der Waals surface area contributed by atoms with Crippen LogP contribution in [0.25, 0.3) is 0 Å². The van der Waals surface area contributed by atoms with Gasteiger partial charge in [-0.1, -0.05) is 43.3 Å². The maximum atomic E-state index is 13.8. The van der Waals surface area contributed by atoms with E-state index in [0.717, 1.165) is 11.6 Å². The Hall–Kier alpha value is -4.76. The number of nitriles is 1. The molecule has 1 atom stereocenters. The fourth-order valence-corrected chi connectivity index (χ4v) is 4.89. The number of carbonyl (C=O) groups excluding carboxylic acids is 1. The molecule has 44 heavy (non-hydrogen) atoms. The molecule has 0 radical (unpaired) electrons. The van der Waals surface area contributed by atoms with E-state index in [0.29, 0.717) is 29.9 Å². The third-order valence-electron chi connectivity index (χ3n) is 6.92. The first-order chi connectivity index (χ1) is 21.0. The molecule has 0 unspecified atom stereocenters. The third kappa shape index (κ3) is 8.87. The first-order valence-corrected chi connectivity index (χ1v) is 14.2. The summed E-state index contributed by atoms with van der Waals surface area (Å²) in [5.41, 5.74) is 1.72. The summed E-state index contributed by atoms with van der Waals surface area (Å²) in [7, 11) is 0. The van der Waals surface area contributed by atoms with Crippen LogP contribution in [-0.2, 0) is 30.5 Å². The second kappa shape index (κ2) is 14.6. The third-order valence-corrected chi connectivity index (χ3v) is 7.28. The number of amides is 1. The maximum Gasteiger partial charge on any atom is 0.416 e. The number of thiocarbonyl (C=S) groups is 1. The van der Waals surface area contributed by atoms with Crippen LogP contribution in [0.3, 0.4) is 0 Å². The van der Waals surface area contributed by atoms with E-state index in [9.17, 15) is 22.4 Å². The molecule has 4 rings (SSSR count). The molecule has 1 amide bonds. The molecule has 228 valence electrons. The molecule has 0 aliphatic rings. The van der Waals surface area contributed by atoms with Crippen LogP contribution in [0.1, 0.15) is 41.3 Å². The molecule has 0 aliphatic heterocycles. The number of aromatic nitrogens is 2. The molecule has 12 heteroatoms. The molecule has 1 aromatic heterocycles. The van der Waals surface area contributed by atoms with E-state index in [2.05, 4.69) is 21.7 Å². The lowest BCUT2D eigenvalue weighted by Crippen LogP contribution is -2.47. The Morgan fingerprint density at radius 2 is 1.86 bits per heavy atom. The molecule has 0 bridgehead atoms. The number of nitrogens with one attached hydrogen (secondary N) is 2. The standard InChI is InChI=1S/C32H30F4N6OS/c1-2-26(39-30(43)15-28-17-38-21-42(28)18-23-12-10-22(16-37)11-13-23)20-41(31(44)40-27-8-5-7-25(33)14-27)19-24-6-3-4-9-29(24)32(34,35)36/h3-14,17,21,26H,2,15,18-20H2,1H3,(H,39,43)(H,40,44)/t26-/m0/s1. The topological polar surface area (TPSA) is 86.0 Å². The first-order valence-electron chi connectivity index (χ1n) is 13.8. The van der Waals surface area contributed by atoms with Crippen LogP contribution in [0, 0.1) is 17.1 Å². The van der Waals surface area contributed by atoms with Gasteiger partial charge in [0.25, 0.3) is 0 Å². The highest BCUT2D eigenvalue weighted by Gasteiger charge is 2.33. The second-order valence-corrected chi connectivity index (χ2v) is 10.5. The molecule has 0 fully saturated rings. The molecule has 4 aromatic rings. The molecular formula is C32H30F4N6OS. The Labute approximate surface area is 258 Å². The molecule has 2 N–H and O–H groups in total. The summed E-state index contributed by atoms with van der Waals surface area (Å²) in [4.78, 5) is 18.9. The predicted octanol–water partition coefficient (Wildman–Crippen LogP) is 6.30. The lowest BCUT2D eigenvalue weighted by Gasteiger charge is -2.31. The minimum absolute atomic E-state index is 0.0104. The molecule has 0 spiro atoms. The average molecular weight is 623 g/mol. The Kier molecular flexibility index (Phi) is 10.7. The molecule has 0 saturated carbocycles. The number of imidazole rings is 1. The lowest BCUT2D eigenvalue weighted by atomic mass is 10.1. The van der Waals surface area contributed by atoms with Gasteiger partial charge in [-0.25, -0.2) is 9.37 Å². The van der Waals surface area contributed by atoms with Gasteiger partial charge < -0.3 is 20.1 Å². The minimum atomic E-state index is -4.57. The van der Waals surface area contributed by atoms with E-state index in [4.69, 9.17) is 17.5 Å². The van der Waals surface area contributed by atoms with Crippen molar-refractivity contribution in [1.29, 1.82) is 5.26 Å². The number of hydrogen-bond acceptors (Lipinski definition) is 4. The van der Waals surface area contributed by atoms with Gasteiger partial charge in [-0.3, -0.25) is 4.79 Å². The molecule has 0 saturated heterocycles. The van der Waals surface area contributed by atoms with Crippen LogP contribution in [0.15, 0.2) is 85.3 Å². The average Bonchev–Trinajstić information content (AvgIpc) is 3.42. The second-order valence-electron chi connectivity index (χ2n) is 10.1. The van der Waals surface area contributed by atoms with Gasteiger partial charge in [-0.2, -0.15) is 18.4 Å². The number of anilines is 1. The lowest BCUT2D eigenvalue weighted by molar-refractivity contribution is -0.138. The van der Waals surface area contributed by atoms with Crippen molar-refractivity contribution in [2.45, 2.75) is 45.1 Å². The fourth-order valence-electron chi connectivity index (χ4n) is 4.63. The SMILES string of the molecule is CC[C@@H](CN(Cc1ccccc1C(F)(F)F)C(=S)Nc1cccc(F)c1)NC(=O)Cc1cncn1Cc1ccc(C#N)cc1. The molecule has 1 heterocycles. The Balaban J connectivity index is 1.48. The van der Waals surface area contributed by atoms with Crippen molar-refractivity contribution in [3.05, 3.63) is 119 Å². The van der Waals surface area contributed by atoms with Crippen molar-refractivity contribution in [3.63, 3.8) is 0 Å². The first kappa shape index (κ1) is 32.2. The van der Waals surface area contributed by atoms with E-state index in [-0.39, 0.29) is 36.1 Å². The highest BCUT2D eigenvalue weighted by Crippen LogP contribution is 2.32. The van der Waals surface area contributed by atoms with Crippen LogP contribution in [-0.4, -0.2) is 38.1 Å². The summed E-state index contributed by atoms with van der Waals surface area (Å²) in [6, 6.07) is 19.5. The van der Waals surface area contributed by atoms with Crippen LogP contribution < -0.4 is 10.6 Å². The van der Waals surface area contributed by atoms with E-state index in [1.54, 1.807) is 30.7 Å². The van der Waals surface area contributed by atoms with Crippen molar-refractivity contribution in [1.82, 2.24) is 19.8 Å². The number of alkyl halides is 3. The highest BCUT2D eigenvalue weighted by atomic mass is 32.1. The highest BCUT2D eigenvalue weighted by molar-refractivity contribution is 7.80. The maximum absolute atomic E-state index is 13.8. The van der Waals surface area contributed by atoms with E-state index >= 15 is 0 Å². The quantitative estimate of drug-likeness (QED) is 0.151. The largest absolute Gasteiger partial charge is 0.416 e. The monoisotopic (exact) mass is 622 g/mol. The van der Waals surface area contributed by atoms with Crippen molar-refractivity contribution in [2.75, 3.05) is 11.9 Å². The minimum Gasteiger partial charge on any atom is -0.351 e. The normalized spacial score (nSPS) is 11.8. The van der Waals surface area contributed by atoms with Gasteiger partial charge >= 0.3 is 6.18 Å². The number of carbonyl (C=O) groups is 1. The zero-order valence-electron chi connectivity index (χ0n) is 23.8. The van der Waals surface area contributed by atoms with Crippen LogP contribution >= 0.6 is 12.2 Å². The number of hydrogen-bond donors (Lipinski definition) is 2. The Morgan fingerprint density at radius 1 is 1.11 bits per heavy atom. The summed E-state index contributed by atoms with van der Waals surface area (Å²) in [6.07, 6.45) is -0.859. The van der Waals surface area contributed by atoms with Gasteiger partial charge in [-0.05, 0) is 66.2 Å². The molecule has 0 aliphatic carbocycles. The van der Waals surface area contributed by atoms with Gasteiger partial charge in [-0.15, -0.1) is 0 Å². The van der Waals surface area contributed by atoms with Gasteiger partial charge in [0.05, 0.1) is 29.9 Å². The number of nitrogens with zero attached hydrogens (tertiary/aromatic N) is 4. The van der Waals surface area contributed by atoms with E-state index in [1.807, 2.05) is 23.6 Å².